The minimum atomic E-state index is -4.51. The van der Waals surface area contributed by atoms with E-state index in [1.54, 1.807) is 23.8 Å². The van der Waals surface area contributed by atoms with Gasteiger partial charge in [-0.05, 0) is 86.6 Å². The van der Waals surface area contributed by atoms with Crippen LogP contribution in [-0.2, 0) is 11.0 Å². The van der Waals surface area contributed by atoms with Gasteiger partial charge in [0, 0.05) is 36.2 Å². The summed E-state index contributed by atoms with van der Waals surface area (Å²) in [6, 6.07) is 19.9. The molecule has 5 rings (SSSR count). The highest BCUT2D eigenvalue weighted by Gasteiger charge is 2.42. The Labute approximate surface area is 242 Å². The number of thiocarbonyl (C=S) groups is 1. The number of anilines is 1. The van der Waals surface area contributed by atoms with E-state index in [9.17, 15) is 18.0 Å². The maximum atomic E-state index is 14.0. The first-order valence-corrected chi connectivity index (χ1v) is 13.7. The summed E-state index contributed by atoms with van der Waals surface area (Å²) in [4.78, 5) is 19.4. The summed E-state index contributed by atoms with van der Waals surface area (Å²) in [5.41, 5.74) is 3.97. The monoisotopic (exact) mass is 577 g/mol. The van der Waals surface area contributed by atoms with Crippen LogP contribution in [-0.4, -0.2) is 32.0 Å². The molecule has 2 atom stereocenters. The number of nitrogens with zero attached hydrogens (tertiary/aromatic N) is 3. The standard InChI is InChI=1S/C31H30F3N5OS/c1-19-9-8-10-22(17-19)36-27(40)14-16-38-29(28(37-30(38)41)25-12-6-7-15-35-25)23-18-20(2)39(21(23)3)26-13-5-4-11-24(26)31(32,33)34/h4-13,15,17-18,28-29H,14,16H2,1-3H3,(H,36,40)(H,37,41)/t28-,29-/m1/s1. The number of carbonyl (C=O) groups excluding carboxylic acids is 1. The molecule has 10 heteroatoms. The first-order valence-electron chi connectivity index (χ1n) is 13.2. The van der Waals surface area contributed by atoms with Crippen LogP contribution >= 0.6 is 12.2 Å². The molecule has 0 bridgehead atoms. The van der Waals surface area contributed by atoms with Crippen LogP contribution < -0.4 is 10.6 Å². The van der Waals surface area contributed by atoms with Crippen molar-refractivity contribution in [3.8, 4) is 5.69 Å². The van der Waals surface area contributed by atoms with Crippen LogP contribution in [0.5, 0.6) is 0 Å². The Kier molecular flexibility index (Phi) is 7.86. The van der Waals surface area contributed by atoms with Gasteiger partial charge in [-0.25, -0.2) is 0 Å². The van der Waals surface area contributed by atoms with E-state index in [2.05, 4.69) is 15.6 Å². The Balaban J connectivity index is 1.51. The van der Waals surface area contributed by atoms with E-state index in [4.69, 9.17) is 12.2 Å². The average Bonchev–Trinajstić information content (AvgIpc) is 3.41. The number of carbonyl (C=O) groups is 1. The molecule has 2 aromatic heterocycles. The number of aryl methyl sites for hydroxylation is 2. The van der Waals surface area contributed by atoms with Gasteiger partial charge in [0.1, 0.15) is 0 Å². The van der Waals surface area contributed by atoms with Crippen LogP contribution in [0.3, 0.4) is 0 Å². The lowest BCUT2D eigenvalue weighted by Gasteiger charge is -2.28. The Morgan fingerprint density at radius 3 is 2.49 bits per heavy atom. The molecule has 1 aliphatic rings. The first kappa shape index (κ1) is 28.4. The Bertz CT molecular complexity index is 1580. The second kappa shape index (κ2) is 11.4. The van der Waals surface area contributed by atoms with Crippen molar-refractivity contribution >= 4 is 28.9 Å². The van der Waals surface area contributed by atoms with Crippen molar-refractivity contribution < 1.29 is 18.0 Å². The molecular weight excluding hydrogens is 547 g/mol. The van der Waals surface area contributed by atoms with Gasteiger partial charge in [-0.3, -0.25) is 9.78 Å². The van der Waals surface area contributed by atoms with Crippen molar-refractivity contribution in [1.29, 1.82) is 0 Å². The highest BCUT2D eigenvalue weighted by Crippen LogP contribution is 2.42. The Morgan fingerprint density at radius 2 is 1.78 bits per heavy atom. The Morgan fingerprint density at radius 1 is 1.02 bits per heavy atom. The van der Waals surface area contributed by atoms with Gasteiger partial charge in [-0.2, -0.15) is 13.2 Å². The minimum absolute atomic E-state index is 0.0632. The van der Waals surface area contributed by atoms with Crippen molar-refractivity contribution in [2.24, 2.45) is 0 Å². The number of para-hydroxylation sites is 1. The summed E-state index contributed by atoms with van der Waals surface area (Å²) in [5, 5.41) is 6.74. The lowest BCUT2D eigenvalue weighted by atomic mass is 9.96. The normalized spacial score (nSPS) is 17.0. The molecule has 0 aliphatic carbocycles. The molecule has 1 fully saturated rings. The number of nitrogens with one attached hydrogen (secondary N) is 2. The number of amides is 1. The van der Waals surface area contributed by atoms with E-state index in [1.807, 2.05) is 67.3 Å². The van der Waals surface area contributed by atoms with Crippen LogP contribution in [0.25, 0.3) is 5.69 Å². The molecule has 0 spiro atoms. The molecule has 1 saturated heterocycles. The third kappa shape index (κ3) is 5.83. The summed E-state index contributed by atoms with van der Waals surface area (Å²) in [6.07, 6.45) is -2.65. The second-order valence-corrected chi connectivity index (χ2v) is 10.6. The van der Waals surface area contributed by atoms with Crippen LogP contribution in [0.15, 0.2) is 79.0 Å². The zero-order valence-corrected chi connectivity index (χ0v) is 23.7. The topological polar surface area (TPSA) is 62.2 Å². The number of alkyl halides is 3. The SMILES string of the molecule is Cc1cccc(NC(=O)CCN2C(=S)N[C@H](c3ccccn3)[C@H]2c2cc(C)n(-c3ccccc3C(F)(F)F)c2C)c1. The number of hydrogen-bond donors (Lipinski definition) is 2. The van der Waals surface area contributed by atoms with Gasteiger partial charge in [0.05, 0.1) is 29.0 Å². The van der Waals surface area contributed by atoms with Crippen LogP contribution in [0.1, 0.15) is 52.3 Å². The van der Waals surface area contributed by atoms with Crippen LogP contribution in [0.4, 0.5) is 18.9 Å². The summed E-state index contributed by atoms with van der Waals surface area (Å²) in [6.45, 7) is 5.87. The van der Waals surface area contributed by atoms with E-state index in [0.29, 0.717) is 28.7 Å². The van der Waals surface area contributed by atoms with Gasteiger partial charge >= 0.3 is 6.18 Å². The van der Waals surface area contributed by atoms with Crippen molar-refractivity contribution in [2.45, 2.75) is 45.5 Å². The molecule has 2 aromatic carbocycles. The number of halogens is 3. The Hall–Kier alpha value is -4.18. The van der Waals surface area contributed by atoms with Crippen molar-refractivity contribution in [2.75, 3.05) is 11.9 Å². The van der Waals surface area contributed by atoms with Gasteiger partial charge in [0.25, 0.3) is 0 Å². The molecule has 3 heterocycles. The van der Waals surface area contributed by atoms with E-state index < -0.39 is 17.8 Å². The molecule has 1 aliphatic heterocycles. The molecule has 1 amide bonds. The third-order valence-corrected chi connectivity index (χ3v) is 7.67. The fraction of sp³-hybridized carbons (Fsp3) is 0.258. The van der Waals surface area contributed by atoms with Crippen LogP contribution in [0, 0.1) is 20.8 Å². The predicted molar refractivity (Wildman–Crippen MR) is 157 cm³/mol. The zero-order valence-electron chi connectivity index (χ0n) is 22.9. The molecule has 0 unspecified atom stereocenters. The highest BCUT2D eigenvalue weighted by atomic mass is 32.1. The maximum absolute atomic E-state index is 14.0. The number of aromatic nitrogens is 2. The molecule has 0 saturated carbocycles. The highest BCUT2D eigenvalue weighted by molar-refractivity contribution is 7.80. The molecule has 41 heavy (non-hydrogen) atoms. The quantitative estimate of drug-likeness (QED) is 0.236. The molecule has 4 aromatic rings. The zero-order chi connectivity index (χ0) is 29.3. The molecule has 2 N–H and O–H groups in total. The fourth-order valence-electron chi connectivity index (χ4n) is 5.52. The van der Waals surface area contributed by atoms with Gasteiger partial charge in [-0.1, -0.05) is 30.3 Å². The predicted octanol–water partition coefficient (Wildman–Crippen LogP) is 6.82. The largest absolute Gasteiger partial charge is 0.418 e. The average molecular weight is 578 g/mol. The van der Waals surface area contributed by atoms with Crippen LogP contribution in [0.2, 0.25) is 0 Å². The third-order valence-electron chi connectivity index (χ3n) is 7.32. The van der Waals surface area contributed by atoms with Crippen molar-refractivity contribution in [3.05, 3.63) is 113 Å². The first-order chi connectivity index (χ1) is 19.5. The number of rotatable bonds is 7. The molecule has 0 radical (unpaired) electrons. The van der Waals surface area contributed by atoms with Gasteiger partial charge in [-0.15, -0.1) is 0 Å². The lowest BCUT2D eigenvalue weighted by molar-refractivity contribution is -0.137. The molecular formula is C31H30F3N5OS. The second-order valence-electron chi connectivity index (χ2n) is 10.2. The number of pyridine rings is 1. The van der Waals surface area contributed by atoms with Crippen molar-refractivity contribution in [1.82, 2.24) is 19.8 Å². The number of hydrogen-bond acceptors (Lipinski definition) is 3. The summed E-state index contributed by atoms with van der Waals surface area (Å²) in [5.74, 6) is -0.164. The van der Waals surface area contributed by atoms with Gasteiger partial charge < -0.3 is 20.1 Å². The van der Waals surface area contributed by atoms with Crippen molar-refractivity contribution in [3.63, 3.8) is 0 Å². The van der Waals surface area contributed by atoms with Gasteiger partial charge in [0.2, 0.25) is 5.91 Å². The maximum Gasteiger partial charge on any atom is 0.418 e. The summed E-state index contributed by atoms with van der Waals surface area (Å²) < 4.78 is 43.5. The summed E-state index contributed by atoms with van der Waals surface area (Å²) >= 11 is 5.74. The van der Waals surface area contributed by atoms with E-state index in [1.165, 1.54) is 12.1 Å². The lowest BCUT2D eigenvalue weighted by Crippen LogP contribution is -2.33. The van der Waals surface area contributed by atoms with Gasteiger partial charge in [0.15, 0.2) is 5.11 Å². The van der Waals surface area contributed by atoms with E-state index >= 15 is 0 Å². The number of benzene rings is 2. The smallest absolute Gasteiger partial charge is 0.352 e. The van der Waals surface area contributed by atoms with E-state index in [-0.39, 0.29) is 24.1 Å². The molecule has 212 valence electrons. The van der Waals surface area contributed by atoms with E-state index in [0.717, 1.165) is 22.9 Å². The molecule has 6 nitrogen and oxygen atoms in total. The fourth-order valence-corrected chi connectivity index (χ4v) is 5.85. The minimum Gasteiger partial charge on any atom is -0.352 e. The summed E-state index contributed by atoms with van der Waals surface area (Å²) in [7, 11) is 0.